The lowest BCUT2D eigenvalue weighted by Gasteiger charge is -2.22. The summed E-state index contributed by atoms with van der Waals surface area (Å²) in [5.74, 6) is -0.277. The van der Waals surface area contributed by atoms with Gasteiger partial charge in [-0.25, -0.2) is 9.78 Å². The highest BCUT2D eigenvalue weighted by molar-refractivity contribution is 5.93. The number of hydrogen-bond donors (Lipinski definition) is 2. The van der Waals surface area contributed by atoms with E-state index in [1.165, 1.54) is 0 Å². The maximum Gasteiger partial charge on any atom is 0.338 e. The molecule has 2 N–H and O–H groups in total. The highest BCUT2D eigenvalue weighted by Gasteiger charge is 2.19. The summed E-state index contributed by atoms with van der Waals surface area (Å²) in [6.07, 6.45) is 5.21. The first-order chi connectivity index (χ1) is 18.1. The Kier molecular flexibility index (Phi) is 6.20. The fourth-order valence-corrected chi connectivity index (χ4v) is 4.79. The quantitative estimate of drug-likeness (QED) is 0.314. The molecule has 0 spiro atoms. The lowest BCUT2D eigenvalue weighted by molar-refractivity contribution is 0.0229. The first-order valence-corrected chi connectivity index (χ1v) is 12.5. The molecule has 1 aliphatic rings. The van der Waals surface area contributed by atoms with Crippen molar-refractivity contribution in [1.82, 2.24) is 25.3 Å². The lowest BCUT2D eigenvalue weighted by atomic mass is 10.0. The average Bonchev–Trinajstić information content (AvgIpc) is 3.43. The molecule has 1 saturated heterocycles. The van der Waals surface area contributed by atoms with Crippen molar-refractivity contribution in [2.24, 2.45) is 0 Å². The van der Waals surface area contributed by atoms with Crippen LogP contribution in [0.25, 0.3) is 44.7 Å². The summed E-state index contributed by atoms with van der Waals surface area (Å²) in [5, 5.41) is 4.28. The molecule has 0 saturated carbocycles. The van der Waals surface area contributed by atoms with Crippen LogP contribution in [-0.2, 0) is 4.74 Å². The lowest BCUT2D eigenvalue weighted by Crippen LogP contribution is -2.33. The van der Waals surface area contributed by atoms with Crippen LogP contribution in [0.3, 0.4) is 0 Å². The van der Waals surface area contributed by atoms with Crippen LogP contribution in [-0.4, -0.2) is 45.1 Å². The number of nitrogens with one attached hydrogen (secondary N) is 2. The van der Waals surface area contributed by atoms with Gasteiger partial charge in [-0.2, -0.15) is 0 Å². The van der Waals surface area contributed by atoms with Crippen LogP contribution in [0.2, 0.25) is 0 Å². The van der Waals surface area contributed by atoms with Crippen molar-refractivity contribution < 1.29 is 9.53 Å². The number of aryl methyl sites for hydroxylation is 1. The number of pyridine rings is 2. The zero-order chi connectivity index (χ0) is 25.2. The van der Waals surface area contributed by atoms with Crippen LogP contribution in [0, 0.1) is 6.92 Å². The number of piperidine rings is 1. The number of aromatic amines is 1. The second-order valence-electron chi connectivity index (χ2n) is 9.36. The summed E-state index contributed by atoms with van der Waals surface area (Å²) < 4.78 is 5.74. The number of fused-ring (bicyclic) bond motifs is 1. The Bertz CT molecular complexity index is 1590. The average molecular weight is 490 g/mol. The maximum absolute atomic E-state index is 12.8. The number of nitrogens with zero attached hydrogens (tertiary/aromatic N) is 3. The van der Waals surface area contributed by atoms with Crippen molar-refractivity contribution in [3.05, 3.63) is 90.5 Å². The molecule has 4 heterocycles. The highest BCUT2D eigenvalue weighted by Crippen LogP contribution is 2.31. The van der Waals surface area contributed by atoms with Gasteiger partial charge >= 0.3 is 5.97 Å². The first-order valence-electron chi connectivity index (χ1n) is 12.5. The van der Waals surface area contributed by atoms with Gasteiger partial charge in [0.2, 0.25) is 0 Å². The van der Waals surface area contributed by atoms with E-state index < -0.39 is 0 Å². The van der Waals surface area contributed by atoms with Crippen molar-refractivity contribution in [2.75, 3.05) is 13.1 Å². The first kappa shape index (κ1) is 23.1. The normalized spacial score (nSPS) is 14.1. The summed E-state index contributed by atoms with van der Waals surface area (Å²) >= 11 is 0. The largest absolute Gasteiger partial charge is 0.459 e. The summed E-state index contributed by atoms with van der Waals surface area (Å²) in [6.45, 7) is 3.74. The van der Waals surface area contributed by atoms with Crippen molar-refractivity contribution >= 4 is 16.9 Å². The second-order valence-corrected chi connectivity index (χ2v) is 9.36. The molecule has 3 aromatic heterocycles. The number of imidazole rings is 1. The highest BCUT2D eigenvalue weighted by atomic mass is 16.5. The fraction of sp³-hybridized carbons (Fsp3) is 0.200. The second kappa shape index (κ2) is 9.95. The number of esters is 1. The van der Waals surface area contributed by atoms with E-state index in [1.807, 2.05) is 61.7 Å². The van der Waals surface area contributed by atoms with Gasteiger partial charge in [0.05, 0.1) is 34.5 Å². The Morgan fingerprint density at radius 2 is 1.76 bits per heavy atom. The van der Waals surface area contributed by atoms with Crippen LogP contribution < -0.4 is 5.32 Å². The van der Waals surface area contributed by atoms with Gasteiger partial charge in [0, 0.05) is 28.4 Å². The molecule has 6 rings (SSSR count). The minimum atomic E-state index is -0.277. The minimum Gasteiger partial charge on any atom is -0.459 e. The third-order valence-electron chi connectivity index (χ3n) is 6.73. The van der Waals surface area contributed by atoms with Crippen molar-refractivity contribution in [3.8, 4) is 33.8 Å². The molecule has 0 bridgehead atoms. The number of rotatable bonds is 5. The Labute approximate surface area is 215 Å². The van der Waals surface area contributed by atoms with E-state index in [-0.39, 0.29) is 12.1 Å². The molecule has 0 radical (unpaired) electrons. The molecule has 0 amide bonds. The van der Waals surface area contributed by atoms with Gasteiger partial charge in [-0.1, -0.05) is 24.3 Å². The van der Waals surface area contributed by atoms with Crippen LogP contribution in [0.5, 0.6) is 0 Å². The third-order valence-corrected chi connectivity index (χ3v) is 6.73. The topological polar surface area (TPSA) is 92.8 Å². The Morgan fingerprint density at radius 3 is 2.62 bits per heavy atom. The summed E-state index contributed by atoms with van der Waals surface area (Å²) in [5.41, 5.74) is 7.80. The van der Waals surface area contributed by atoms with E-state index in [1.54, 1.807) is 12.4 Å². The van der Waals surface area contributed by atoms with E-state index in [9.17, 15) is 4.79 Å². The Balaban J connectivity index is 1.31. The maximum atomic E-state index is 12.8. The summed E-state index contributed by atoms with van der Waals surface area (Å²) in [7, 11) is 0. The number of carbonyl (C=O) groups is 1. The molecule has 2 aromatic carbocycles. The van der Waals surface area contributed by atoms with Gasteiger partial charge in [0.1, 0.15) is 6.10 Å². The number of carbonyl (C=O) groups excluding carboxylic acids is 1. The molecule has 7 nitrogen and oxygen atoms in total. The zero-order valence-electron chi connectivity index (χ0n) is 20.6. The summed E-state index contributed by atoms with van der Waals surface area (Å²) in [6, 6.07) is 21.7. The van der Waals surface area contributed by atoms with Gasteiger partial charge in [-0.15, -0.1) is 0 Å². The molecule has 37 heavy (non-hydrogen) atoms. The van der Waals surface area contributed by atoms with E-state index >= 15 is 0 Å². The van der Waals surface area contributed by atoms with Gasteiger partial charge in [-0.05, 0) is 80.9 Å². The van der Waals surface area contributed by atoms with Crippen molar-refractivity contribution in [2.45, 2.75) is 25.9 Å². The predicted octanol–water partition coefficient (Wildman–Crippen LogP) is 5.57. The molecule has 0 unspecified atom stereocenters. The van der Waals surface area contributed by atoms with Crippen LogP contribution in [0.1, 0.15) is 28.9 Å². The molecular weight excluding hydrogens is 462 g/mol. The fourth-order valence-electron chi connectivity index (χ4n) is 4.79. The number of H-pyrrole nitrogens is 1. The van der Waals surface area contributed by atoms with Gasteiger partial charge < -0.3 is 15.0 Å². The van der Waals surface area contributed by atoms with Gasteiger partial charge in [0.15, 0.2) is 0 Å². The Morgan fingerprint density at radius 1 is 0.919 bits per heavy atom. The SMILES string of the molecule is Cc1cccc(-c2[nH]cnc2-c2ccc3ncc(-c4cccc(C(=O)OC5CCNCC5)c4)cc3c2)n1. The molecule has 7 heteroatoms. The van der Waals surface area contributed by atoms with Crippen LogP contribution in [0.4, 0.5) is 0 Å². The number of hydrogen-bond acceptors (Lipinski definition) is 6. The van der Waals surface area contributed by atoms with E-state index in [4.69, 9.17) is 4.74 Å². The number of benzene rings is 2. The van der Waals surface area contributed by atoms with Crippen molar-refractivity contribution in [1.29, 1.82) is 0 Å². The minimum absolute atomic E-state index is 0.0277. The van der Waals surface area contributed by atoms with E-state index in [0.717, 1.165) is 76.3 Å². The molecular formula is C30H27N5O2. The number of aromatic nitrogens is 4. The van der Waals surface area contributed by atoms with E-state index in [0.29, 0.717) is 5.56 Å². The number of ether oxygens (including phenoxy) is 1. The molecule has 1 aliphatic heterocycles. The standard InChI is InChI=1S/C30H27N5O2/c1-19-4-2-7-27(35-19)29-28(33-18-34-29)21-8-9-26-23(15-21)16-24(17-32-26)20-5-3-6-22(14-20)30(36)37-25-10-12-31-13-11-25/h2-9,14-18,25,31H,10-13H2,1H3,(H,33,34). The molecule has 184 valence electrons. The zero-order valence-corrected chi connectivity index (χ0v) is 20.6. The summed E-state index contributed by atoms with van der Waals surface area (Å²) in [4.78, 5) is 29.9. The van der Waals surface area contributed by atoms with Crippen LogP contribution >= 0.6 is 0 Å². The predicted molar refractivity (Wildman–Crippen MR) is 144 cm³/mol. The van der Waals surface area contributed by atoms with Crippen LogP contribution in [0.15, 0.2) is 79.3 Å². The molecule has 1 fully saturated rings. The van der Waals surface area contributed by atoms with Crippen molar-refractivity contribution in [3.63, 3.8) is 0 Å². The van der Waals surface area contributed by atoms with Gasteiger partial charge in [-0.3, -0.25) is 9.97 Å². The van der Waals surface area contributed by atoms with Gasteiger partial charge in [0.25, 0.3) is 0 Å². The molecule has 0 aliphatic carbocycles. The van der Waals surface area contributed by atoms with E-state index in [2.05, 4.69) is 37.4 Å². The molecule has 0 atom stereocenters. The Hall–Kier alpha value is -4.36. The smallest absolute Gasteiger partial charge is 0.338 e. The monoisotopic (exact) mass is 489 g/mol. The third kappa shape index (κ3) is 4.86. The molecule has 5 aromatic rings.